The monoisotopic (exact) mass is 263 g/mol. The Hall–Kier alpha value is -0.830. The van der Waals surface area contributed by atoms with Crippen LogP contribution in [-0.4, -0.2) is 15.6 Å². The number of nitrogens with zero attached hydrogens (tertiary/aromatic N) is 2. The summed E-state index contributed by atoms with van der Waals surface area (Å²) in [4.78, 5) is 4.49. The van der Waals surface area contributed by atoms with E-state index < -0.39 is 0 Å². The van der Waals surface area contributed by atoms with E-state index in [0.717, 1.165) is 19.0 Å². The average molecular weight is 263 g/mol. The van der Waals surface area contributed by atoms with Crippen molar-refractivity contribution in [2.24, 2.45) is 5.92 Å². The second-order valence-corrected chi connectivity index (χ2v) is 5.83. The topological polar surface area (TPSA) is 29.9 Å². The van der Waals surface area contributed by atoms with E-state index in [2.05, 4.69) is 34.9 Å². The summed E-state index contributed by atoms with van der Waals surface area (Å²) in [6, 6.07) is 0.673. The third-order valence-corrected chi connectivity index (χ3v) is 4.45. The lowest BCUT2D eigenvalue weighted by molar-refractivity contribution is 0.259. The van der Waals surface area contributed by atoms with E-state index in [1.807, 2.05) is 6.20 Å². The molecule has 2 rings (SSSR count). The molecule has 1 fully saturated rings. The fraction of sp³-hybridized carbons (Fsp3) is 0.812. The lowest BCUT2D eigenvalue weighted by Gasteiger charge is -2.30. The van der Waals surface area contributed by atoms with Crippen LogP contribution in [0.5, 0.6) is 0 Å². The van der Waals surface area contributed by atoms with Crippen LogP contribution in [0.2, 0.25) is 0 Å². The molecule has 1 aliphatic carbocycles. The molecule has 1 N–H and O–H groups in total. The SMILES string of the molecule is CCCn1ccnc1CNC(CC)C1CCCCC1. The zero-order valence-electron chi connectivity index (χ0n) is 12.6. The number of imidazole rings is 1. The zero-order valence-corrected chi connectivity index (χ0v) is 12.6. The molecule has 0 saturated heterocycles. The van der Waals surface area contributed by atoms with Crippen molar-refractivity contribution in [2.75, 3.05) is 0 Å². The molecule has 0 radical (unpaired) electrons. The summed E-state index contributed by atoms with van der Waals surface area (Å²) in [7, 11) is 0. The highest BCUT2D eigenvalue weighted by Gasteiger charge is 2.22. The van der Waals surface area contributed by atoms with Gasteiger partial charge in [0.05, 0.1) is 6.54 Å². The van der Waals surface area contributed by atoms with Crippen molar-refractivity contribution in [3.05, 3.63) is 18.2 Å². The van der Waals surface area contributed by atoms with Crippen LogP contribution in [0.1, 0.15) is 64.6 Å². The van der Waals surface area contributed by atoms with Gasteiger partial charge in [0.2, 0.25) is 0 Å². The number of hydrogen-bond donors (Lipinski definition) is 1. The number of aromatic nitrogens is 2. The van der Waals surface area contributed by atoms with Gasteiger partial charge in [0, 0.05) is 25.0 Å². The van der Waals surface area contributed by atoms with Gasteiger partial charge in [-0.05, 0) is 31.6 Å². The molecular formula is C16H29N3. The van der Waals surface area contributed by atoms with Crippen molar-refractivity contribution in [1.82, 2.24) is 14.9 Å². The Bertz CT molecular complexity index is 353. The summed E-state index contributed by atoms with van der Waals surface area (Å²) in [5.41, 5.74) is 0. The quantitative estimate of drug-likeness (QED) is 0.812. The molecule has 0 aliphatic heterocycles. The fourth-order valence-corrected chi connectivity index (χ4v) is 3.35. The highest BCUT2D eigenvalue weighted by Crippen LogP contribution is 2.27. The van der Waals surface area contributed by atoms with E-state index in [1.54, 1.807) is 0 Å². The zero-order chi connectivity index (χ0) is 13.5. The van der Waals surface area contributed by atoms with E-state index in [-0.39, 0.29) is 0 Å². The largest absolute Gasteiger partial charge is 0.334 e. The highest BCUT2D eigenvalue weighted by molar-refractivity contribution is 4.93. The van der Waals surface area contributed by atoms with Crippen molar-refractivity contribution >= 4 is 0 Å². The first-order valence-corrected chi connectivity index (χ1v) is 8.08. The van der Waals surface area contributed by atoms with E-state index in [1.165, 1.54) is 50.8 Å². The molecule has 1 aromatic rings. The van der Waals surface area contributed by atoms with E-state index in [4.69, 9.17) is 0 Å². The van der Waals surface area contributed by atoms with Crippen molar-refractivity contribution in [3.8, 4) is 0 Å². The van der Waals surface area contributed by atoms with Crippen molar-refractivity contribution in [1.29, 1.82) is 0 Å². The maximum Gasteiger partial charge on any atom is 0.122 e. The predicted molar refractivity (Wildman–Crippen MR) is 80.0 cm³/mol. The van der Waals surface area contributed by atoms with Crippen LogP contribution in [0, 0.1) is 5.92 Å². The van der Waals surface area contributed by atoms with Gasteiger partial charge in [0.25, 0.3) is 0 Å². The Morgan fingerprint density at radius 3 is 2.79 bits per heavy atom. The van der Waals surface area contributed by atoms with Crippen LogP contribution in [0.15, 0.2) is 12.4 Å². The molecule has 1 saturated carbocycles. The van der Waals surface area contributed by atoms with Crippen LogP contribution in [0.4, 0.5) is 0 Å². The minimum absolute atomic E-state index is 0.673. The van der Waals surface area contributed by atoms with Gasteiger partial charge in [-0.15, -0.1) is 0 Å². The van der Waals surface area contributed by atoms with Gasteiger partial charge in [0.1, 0.15) is 5.82 Å². The van der Waals surface area contributed by atoms with Crippen molar-refractivity contribution < 1.29 is 0 Å². The van der Waals surface area contributed by atoms with Crippen molar-refractivity contribution in [3.63, 3.8) is 0 Å². The molecule has 1 unspecified atom stereocenters. The summed E-state index contributed by atoms with van der Waals surface area (Å²) in [5.74, 6) is 2.07. The number of rotatable bonds is 7. The van der Waals surface area contributed by atoms with Crippen LogP contribution in [0.25, 0.3) is 0 Å². The van der Waals surface area contributed by atoms with E-state index in [9.17, 15) is 0 Å². The average Bonchev–Trinajstić information content (AvgIpc) is 2.89. The second kappa shape index (κ2) is 7.68. The van der Waals surface area contributed by atoms with Crippen LogP contribution in [0.3, 0.4) is 0 Å². The first kappa shape index (κ1) is 14.6. The Labute approximate surface area is 117 Å². The maximum atomic E-state index is 4.49. The van der Waals surface area contributed by atoms with Gasteiger partial charge >= 0.3 is 0 Å². The van der Waals surface area contributed by atoms with Gasteiger partial charge in [0.15, 0.2) is 0 Å². The number of aryl methyl sites for hydroxylation is 1. The summed E-state index contributed by atoms with van der Waals surface area (Å²) >= 11 is 0. The molecule has 1 aliphatic rings. The highest BCUT2D eigenvalue weighted by atomic mass is 15.1. The Morgan fingerprint density at radius 1 is 1.32 bits per heavy atom. The van der Waals surface area contributed by atoms with E-state index in [0.29, 0.717) is 6.04 Å². The minimum Gasteiger partial charge on any atom is -0.334 e. The Kier molecular flexibility index (Phi) is 5.90. The molecule has 19 heavy (non-hydrogen) atoms. The van der Waals surface area contributed by atoms with Gasteiger partial charge in [-0.3, -0.25) is 0 Å². The number of hydrogen-bond acceptors (Lipinski definition) is 2. The maximum absolute atomic E-state index is 4.49. The fourth-order valence-electron chi connectivity index (χ4n) is 3.35. The first-order chi connectivity index (χ1) is 9.35. The molecule has 1 aromatic heterocycles. The van der Waals surface area contributed by atoms with Crippen LogP contribution >= 0.6 is 0 Å². The molecule has 3 heteroatoms. The molecule has 3 nitrogen and oxygen atoms in total. The van der Waals surface area contributed by atoms with Crippen LogP contribution < -0.4 is 5.32 Å². The first-order valence-electron chi connectivity index (χ1n) is 8.08. The molecule has 0 bridgehead atoms. The lowest BCUT2D eigenvalue weighted by atomic mass is 9.83. The standard InChI is InChI=1S/C16H29N3/c1-3-11-19-12-10-17-16(19)13-18-15(4-2)14-8-6-5-7-9-14/h10,12,14-15,18H,3-9,11,13H2,1-2H3. The smallest absolute Gasteiger partial charge is 0.122 e. The summed E-state index contributed by atoms with van der Waals surface area (Å²) < 4.78 is 2.28. The summed E-state index contributed by atoms with van der Waals surface area (Å²) in [5, 5.41) is 3.76. The van der Waals surface area contributed by atoms with Gasteiger partial charge < -0.3 is 9.88 Å². The minimum atomic E-state index is 0.673. The molecule has 0 aromatic carbocycles. The van der Waals surface area contributed by atoms with Crippen LogP contribution in [-0.2, 0) is 13.1 Å². The third-order valence-electron chi connectivity index (χ3n) is 4.45. The van der Waals surface area contributed by atoms with E-state index >= 15 is 0 Å². The molecule has 108 valence electrons. The molecular weight excluding hydrogens is 234 g/mol. The Morgan fingerprint density at radius 2 is 2.11 bits per heavy atom. The Balaban J connectivity index is 1.86. The summed E-state index contributed by atoms with van der Waals surface area (Å²) in [6.45, 7) is 6.53. The lowest BCUT2D eigenvalue weighted by Crippen LogP contribution is -2.37. The molecule has 0 amide bonds. The predicted octanol–water partition coefficient (Wildman–Crippen LogP) is 3.74. The van der Waals surface area contributed by atoms with Crippen molar-refractivity contribution in [2.45, 2.75) is 77.9 Å². The van der Waals surface area contributed by atoms with Gasteiger partial charge in [-0.2, -0.15) is 0 Å². The summed E-state index contributed by atoms with van der Waals surface area (Å²) in [6.07, 6.45) is 13.5. The molecule has 0 spiro atoms. The molecule has 1 atom stereocenters. The normalized spacial score (nSPS) is 18.6. The van der Waals surface area contributed by atoms with Gasteiger partial charge in [-0.1, -0.05) is 33.1 Å². The second-order valence-electron chi connectivity index (χ2n) is 5.83. The third kappa shape index (κ3) is 4.07. The number of nitrogens with one attached hydrogen (secondary N) is 1. The van der Waals surface area contributed by atoms with Gasteiger partial charge in [-0.25, -0.2) is 4.98 Å². The molecule has 1 heterocycles.